The number of anilines is 1. The maximum atomic E-state index is 11.7. The van der Waals surface area contributed by atoms with Crippen LogP contribution in [0.15, 0.2) is 48.8 Å². The molecule has 6 nitrogen and oxygen atoms in total. The Morgan fingerprint density at radius 3 is 2.05 bits per heavy atom. The summed E-state index contributed by atoms with van der Waals surface area (Å²) in [7, 11) is 0. The van der Waals surface area contributed by atoms with Crippen LogP contribution in [0.5, 0.6) is 0 Å². The van der Waals surface area contributed by atoms with Gasteiger partial charge in [-0.25, -0.2) is 9.78 Å². The van der Waals surface area contributed by atoms with Crippen LogP contribution in [0.25, 0.3) is 0 Å². The summed E-state index contributed by atoms with van der Waals surface area (Å²) in [6.07, 6.45) is 15.6. The molecule has 0 aromatic carbocycles. The molecule has 1 saturated carbocycles. The van der Waals surface area contributed by atoms with Gasteiger partial charge < -0.3 is 10.2 Å². The van der Waals surface area contributed by atoms with Crippen LogP contribution in [0, 0.1) is 11.8 Å². The first-order valence-electron chi connectivity index (χ1n) is 14.3. The number of carboxylic acid groups (broad SMARTS) is 1. The third kappa shape index (κ3) is 17.1. The Morgan fingerprint density at radius 2 is 1.68 bits per heavy atom. The van der Waals surface area contributed by atoms with Gasteiger partial charge in [0.25, 0.3) is 0 Å². The normalized spacial score (nSPS) is 16.6. The monoisotopic (exact) mass is 531 g/mol. The minimum atomic E-state index is -1.09. The Labute approximate surface area is 234 Å². The van der Waals surface area contributed by atoms with Gasteiger partial charge in [0.1, 0.15) is 5.60 Å². The average molecular weight is 532 g/mol. The molecule has 0 bridgehead atoms. The van der Waals surface area contributed by atoms with Crippen molar-refractivity contribution in [3.05, 3.63) is 54.5 Å². The molecule has 2 atom stereocenters. The number of nitrogens with zero attached hydrogens (tertiary/aromatic N) is 3. The van der Waals surface area contributed by atoms with Gasteiger partial charge >= 0.3 is 6.09 Å². The third-order valence-electron chi connectivity index (χ3n) is 6.27. The molecule has 1 aliphatic carbocycles. The highest BCUT2D eigenvalue weighted by atomic mass is 16.4. The fourth-order valence-electron chi connectivity index (χ4n) is 3.86. The molecule has 0 spiro atoms. The number of carbonyl (C=O) groups is 1. The molecule has 1 aliphatic rings. The van der Waals surface area contributed by atoms with Crippen LogP contribution in [0.2, 0.25) is 0 Å². The third-order valence-corrected chi connectivity index (χ3v) is 6.27. The molecule has 2 N–H and O–H groups in total. The van der Waals surface area contributed by atoms with E-state index < -0.39 is 11.7 Å². The number of amides is 1. The first-order valence-corrected chi connectivity index (χ1v) is 14.3. The van der Waals surface area contributed by atoms with Gasteiger partial charge in [-0.05, 0) is 65.7 Å². The predicted molar refractivity (Wildman–Crippen MR) is 164 cm³/mol. The molecule has 6 heteroatoms. The minimum Gasteiger partial charge on any atom is -0.465 e. The largest absolute Gasteiger partial charge is 0.465 e. The van der Waals surface area contributed by atoms with Crippen molar-refractivity contribution in [3.8, 4) is 0 Å². The molecule has 2 rings (SSSR count). The van der Waals surface area contributed by atoms with Crippen LogP contribution in [-0.2, 0) is 5.60 Å². The van der Waals surface area contributed by atoms with E-state index in [1.54, 1.807) is 13.8 Å². The molecule has 2 unspecified atom stereocenters. The SMILES string of the molecule is C/C=C\CC.C=C(C)C(=C)C.CC.CCCCC1CCCC(CN(C(=O)O)c2cnc(C(C)(C)O)cn2)C1. The summed E-state index contributed by atoms with van der Waals surface area (Å²) in [5.41, 5.74) is 1.47. The predicted octanol–water partition coefficient (Wildman–Crippen LogP) is 9.32. The van der Waals surface area contributed by atoms with Gasteiger partial charge in [-0.15, -0.1) is 0 Å². The summed E-state index contributed by atoms with van der Waals surface area (Å²) < 4.78 is 0. The van der Waals surface area contributed by atoms with E-state index >= 15 is 0 Å². The van der Waals surface area contributed by atoms with Crippen molar-refractivity contribution in [1.29, 1.82) is 0 Å². The van der Waals surface area contributed by atoms with E-state index in [0.717, 1.165) is 36.3 Å². The number of rotatable bonds is 9. The molecule has 1 fully saturated rings. The lowest BCUT2D eigenvalue weighted by Crippen LogP contribution is -2.36. The lowest BCUT2D eigenvalue weighted by atomic mass is 9.79. The Kier molecular flexibility index (Phi) is 21.3. The van der Waals surface area contributed by atoms with Crippen LogP contribution in [0.4, 0.5) is 10.6 Å². The van der Waals surface area contributed by atoms with Crippen molar-refractivity contribution in [1.82, 2.24) is 9.97 Å². The Balaban J connectivity index is 0. The number of aromatic nitrogens is 2. The van der Waals surface area contributed by atoms with Crippen LogP contribution < -0.4 is 4.90 Å². The summed E-state index contributed by atoms with van der Waals surface area (Å²) in [6, 6.07) is 0. The quantitative estimate of drug-likeness (QED) is 0.245. The van der Waals surface area contributed by atoms with Crippen molar-refractivity contribution in [2.45, 2.75) is 119 Å². The molecule has 0 radical (unpaired) electrons. The Bertz CT molecular complexity index is 798. The second-order valence-electron chi connectivity index (χ2n) is 10.3. The Hall–Kier alpha value is -2.47. The summed E-state index contributed by atoms with van der Waals surface area (Å²) >= 11 is 0. The lowest BCUT2D eigenvalue weighted by molar-refractivity contribution is 0.0734. The van der Waals surface area contributed by atoms with E-state index in [-0.39, 0.29) is 0 Å². The molecule has 1 aromatic rings. The summed E-state index contributed by atoms with van der Waals surface area (Å²) in [5.74, 6) is 1.43. The summed E-state index contributed by atoms with van der Waals surface area (Å²) in [5, 5.41) is 19.6. The highest BCUT2D eigenvalue weighted by Crippen LogP contribution is 2.33. The number of unbranched alkanes of at least 4 members (excludes halogenated alkanes) is 1. The zero-order valence-corrected chi connectivity index (χ0v) is 25.9. The van der Waals surface area contributed by atoms with Gasteiger partial charge in [0.2, 0.25) is 0 Å². The smallest absolute Gasteiger partial charge is 0.413 e. The van der Waals surface area contributed by atoms with E-state index in [4.69, 9.17) is 0 Å². The van der Waals surface area contributed by atoms with Crippen LogP contribution >= 0.6 is 0 Å². The number of aliphatic hydroxyl groups is 1. The highest BCUT2D eigenvalue weighted by molar-refractivity contribution is 5.84. The van der Waals surface area contributed by atoms with Crippen LogP contribution in [0.3, 0.4) is 0 Å². The Morgan fingerprint density at radius 1 is 1.11 bits per heavy atom. The molecule has 0 aliphatic heterocycles. The zero-order chi connectivity index (χ0) is 29.7. The van der Waals surface area contributed by atoms with Crippen LogP contribution in [0.1, 0.15) is 119 Å². The van der Waals surface area contributed by atoms with Crippen molar-refractivity contribution in [2.24, 2.45) is 11.8 Å². The molecular weight excluding hydrogens is 474 g/mol. The average Bonchev–Trinajstić information content (AvgIpc) is 2.88. The van der Waals surface area contributed by atoms with Gasteiger partial charge in [-0.1, -0.05) is 96.3 Å². The van der Waals surface area contributed by atoms with Gasteiger partial charge in [0, 0.05) is 6.54 Å². The van der Waals surface area contributed by atoms with Gasteiger partial charge in [0.15, 0.2) is 5.82 Å². The van der Waals surface area contributed by atoms with Gasteiger partial charge in [0.05, 0.1) is 18.1 Å². The summed E-state index contributed by atoms with van der Waals surface area (Å²) in [4.78, 5) is 21.4. The lowest BCUT2D eigenvalue weighted by Gasteiger charge is -2.32. The molecule has 38 heavy (non-hydrogen) atoms. The van der Waals surface area contributed by atoms with Crippen molar-refractivity contribution < 1.29 is 15.0 Å². The number of hydrogen-bond donors (Lipinski definition) is 2. The van der Waals surface area contributed by atoms with E-state index in [1.165, 1.54) is 49.4 Å². The number of hydrogen-bond acceptors (Lipinski definition) is 4. The van der Waals surface area contributed by atoms with E-state index in [9.17, 15) is 15.0 Å². The van der Waals surface area contributed by atoms with E-state index in [2.05, 4.69) is 49.1 Å². The fourth-order valence-corrected chi connectivity index (χ4v) is 3.86. The van der Waals surface area contributed by atoms with E-state index in [0.29, 0.717) is 24.0 Å². The zero-order valence-electron chi connectivity index (χ0n) is 25.9. The first-order chi connectivity index (χ1) is 17.9. The fraction of sp³-hybridized carbons (Fsp3) is 0.656. The van der Waals surface area contributed by atoms with Crippen molar-refractivity contribution >= 4 is 11.9 Å². The summed E-state index contributed by atoms with van der Waals surface area (Å²) in [6.45, 7) is 25.3. The highest BCUT2D eigenvalue weighted by Gasteiger charge is 2.27. The maximum absolute atomic E-state index is 11.7. The second kappa shape index (κ2) is 21.5. The topological polar surface area (TPSA) is 86.6 Å². The molecule has 1 amide bonds. The van der Waals surface area contributed by atoms with Crippen molar-refractivity contribution in [2.75, 3.05) is 11.4 Å². The van der Waals surface area contributed by atoms with Crippen molar-refractivity contribution in [3.63, 3.8) is 0 Å². The second-order valence-corrected chi connectivity index (χ2v) is 10.3. The molecule has 0 saturated heterocycles. The standard InChI is InChI=1S/C19H31N3O3.C6H10.C5H10.C2H6/c1-4-5-7-14-8-6-9-15(10-14)13-22(18(23)24)17-12-20-16(11-21-17)19(2,3)25;1-5(2)6(3)4;1-3-5-4-2;1-2/h11-12,14-15,25H,4-10,13H2,1-3H3,(H,23,24);1,3H2,2,4H3;3,5H,4H2,1-2H3;1-2H3/b;;5-3-;. The van der Waals surface area contributed by atoms with Gasteiger partial charge in [-0.3, -0.25) is 9.88 Å². The molecule has 1 aromatic heterocycles. The minimum absolute atomic E-state index is 0.330. The number of allylic oxidation sites excluding steroid dienone is 4. The maximum Gasteiger partial charge on any atom is 0.413 e. The molecular formula is C32H57N3O3. The van der Waals surface area contributed by atoms with E-state index in [1.807, 2.05) is 34.6 Å². The van der Waals surface area contributed by atoms with Crippen LogP contribution in [-0.4, -0.2) is 32.8 Å². The molecule has 218 valence electrons. The molecule has 1 heterocycles. The first kappa shape index (κ1) is 37.7. The van der Waals surface area contributed by atoms with Gasteiger partial charge in [-0.2, -0.15) is 0 Å².